The molecule has 0 bridgehead atoms. The molecule has 24 heavy (non-hydrogen) atoms. The minimum Gasteiger partial charge on any atom is -0.328 e. The Morgan fingerprint density at radius 1 is 1.12 bits per heavy atom. The van der Waals surface area contributed by atoms with Crippen LogP contribution in [0.2, 0.25) is 0 Å². The highest BCUT2D eigenvalue weighted by Gasteiger charge is 2.18. The Morgan fingerprint density at radius 3 is 2.38 bits per heavy atom. The largest absolute Gasteiger partial charge is 0.352 e. The van der Waals surface area contributed by atoms with E-state index in [-0.39, 0.29) is 21.6 Å². The fourth-order valence-corrected chi connectivity index (χ4v) is 3.41. The van der Waals surface area contributed by atoms with Crippen molar-refractivity contribution in [2.75, 3.05) is 0 Å². The van der Waals surface area contributed by atoms with Crippen molar-refractivity contribution in [3.63, 3.8) is 0 Å². The number of hydrogen-bond acceptors (Lipinski definition) is 6. The van der Waals surface area contributed by atoms with E-state index in [9.17, 15) is 13.2 Å². The van der Waals surface area contributed by atoms with Crippen LogP contribution in [0, 0.1) is 0 Å². The van der Waals surface area contributed by atoms with Crippen LogP contribution in [0.4, 0.5) is 0 Å². The van der Waals surface area contributed by atoms with Gasteiger partial charge in [0.05, 0.1) is 9.79 Å². The maximum Gasteiger partial charge on any atom is 0.352 e. The highest BCUT2D eigenvalue weighted by molar-refractivity contribution is 7.91. The van der Waals surface area contributed by atoms with Crippen molar-refractivity contribution >= 4 is 15.8 Å². The van der Waals surface area contributed by atoms with Gasteiger partial charge in [0, 0.05) is 19.0 Å². The molecule has 1 atom stereocenters. The quantitative estimate of drug-likeness (QED) is 0.635. The Labute approximate surface area is 141 Å². The molecule has 2 aromatic carbocycles. The van der Waals surface area contributed by atoms with Crippen LogP contribution in [-0.4, -0.2) is 20.4 Å². The van der Waals surface area contributed by atoms with Crippen LogP contribution >= 0.6 is 0 Å². The van der Waals surface area contributed by atoms with Gasteiger partial charge in [0.2, 0.25) is 9.84 Å². The van der Waals surface area contributed by atoms with Crippen LogP contribution in [0.3, 0.4) is 0 Å². The minimum absolute atomic E-state index is 0.00237. The van der Waals surface area contributed by atoms with Gasteiger partial charge in [-0.1, -0.05) is 18.2 Å². The SMILES string of the molecule is CC(=O)OOc1cccc(S(=O)(=O)c2ccc(C[C@@H](C)N)cc2)c1. The maximum atomic E-state index is 12.7. The lowest BCUT2D eigenvalue weighted by atomic mass is 10.1. The molecule has 2 rings (SSSR count). The molecule has 128 valence electrons. The molecule has 6 nitrogen and oxygen atoms in total. The summed E-state index contributed by atoms with van der Waals surface area (Å²) in [5.74, 6) is -0.507. The first-order valence-electron chi connectivity index (χ1n) is 7.34. The van der Waals surface area contributed by atoms with Gasteiger partial charge in [-0.05, 0) is 43.2 Å². The van der Waals surface area contributed by atoms with Crippen LogP contribution in [0.1, 0.15) is 19.4 Å². The smallest absolute Gasteiger partial charge is 0.328 e. The molecular formula is C17H19NO5S. The Bertz CT molecular complexity index is 813. The van der Waals surface area contributed by atoms with Gasteiger partial charge in [-0.3, -0.25) is 9.78 Å². The number of hydrogen-bond donors (Lipinski definition) is 1. The summed E-state index contributed by atoms with van der Waals surface area (Å²) in [6.07, 6.45) is 0.673. The number of sulfone groups is 1. The third-order valence-corrected chi connectivity index (χ3v) is 4.93. The molecule has 0 unspecified atom stereocenters. The van der Waals surface area contributed by atoms with Crippen molar-refractivity contribution in [3.05, 3.63) is 54.1 Å². The van der Waals surface area contributed by atoms with Gasteiger partial charge in [0.25, 0.3) is 0 Å². The summed E-state index contributed by atoms with van der Waals surface area (Å²) >= 11 is 0. The van der Waals surface area contributed by atoms with E-state index in [0.717, 1.165) is 5.56 Å². The summed E-state index contributed by atoms with van der Waals surface area (Å²) in [4.78, 5) is 20.2. The Hall–Kier alpha value is -2.38. The molecule has 0 aliphatic rings. The molecular weight excluding hydrogens is 330 g/mol. The lowest BCUT2D eigenvalue weighted by molar-refractivity contribution is -0.210. The molecule has 0 aliphatic carbocycles. The summed E-state index contributed by atoms with van der Waals surface area (Å²) in [6, 6.07) is 12.3. The molecule has 0 radical (unpaired) electrons. The number of carbonyl (C=O) groups is 1. The van der Waals surface area contributed by atoms with Gasteiger partial charge in [-0.25, -0.2) is 13.2 Å². The van der Waals surface area contributed by atoms with Crippen molar-refractivity contribution in [2.24, 2.45) is 5.73 Å². The minimum atomic E-state index is -3.70. The lowest BCUT2D eigenvalue weighted by Crippen LogP contribution is -2.17. The van der Waals surface area contributed by atoms with E-state index in [1.165, 1.54) is 31.2 Å². The predicted octanol–water partition coefficient (Wildman–Crippen LogP) is 2.27. The van der Waals surface area contributed by atoms with Crippen molar-refractivity contribution < 1.29 is 23.0 Å². The van der Waals surface area contributed by atoms with Gasteiger partial charge in [-0.2, -0.15) is 0 Å². The second-order valence-electron chi connectivity index (χ2n) is 5.46. The van der Waals surface area contributed by atoms with E-state index in [4.69, 9.17) is 10.6 Å². The molecule has 7 heteroatoms. The number of benzene rings is 2. The molecule has 0 aliphatic heterocycles. The van der Waals surface area contributed by atoms with Crippen LogP contribution in [0.5, 0.6) is 5.75 Å². The average Bonchev–Trinajstić information content (AvgIpc) is 2.53. The van der Waals surface area contributed by atoms with E-state index >= 15 is 0 Å². The Kier molecular flexibility index (Phi) is 5.58. The van der Waals surface area contributed by atoms with Gasteiger partial charge in [0.15, 0.2) is 5.75 Å². The summed E-state index contributed by atoms with van der Waals surface area (Å²) in [5, 5.41) is 0. The molecule has 0 heterocycles. The van der Waals surface area contributed by atoms with E-state index < -0.39 is 15.8 Å². The van der Waals surface area contributed by atoms with E-state index in [0.29, 0.717) is 6.42 Å². The van der Waals surface area contributed by atoms with Gasteiger partial charge in [0.1, 0.15) is 0 Å². The molecule has 0 fully saturated rings. The van der Waals surface area contributed by atoms with E-state index in [2.05, 4.69) is 4.89 Å². The first-order chi connectivity index (χ1) is 11.3. The summed E-state index contributed by atoms with van der Waals surface area (Å²) in [5.41, 5.74) is 6.71. The predicted molar refractivity (Wildman–Crippen MR) is 88.1 cm³/mol. The van der Waals surface area contributed by atoms with E-state index in [1.54, 1.807) is 24.3 Å². The van der Waals surface area contributed by atoms with Crippen molar-refractivity contribution in [2.45, 2.75) is 36.1 Å². The first-order valence-corrected chi connectivity index (χ1v) is 8.82. The highest BCUT2D eigenvalue weighted by Crippen LogP contribution is 2.25. The summed E-state index contributed by atoms with van der Waals surface area (Å²) in [6.45, 7) is 3.07. The summed E-state index contributed by atoms with van der Waals surface area (Å²) in [7, 11) is -3.70. The fourth-order valence-electron chi connectivity index (χ4n) is 2.11. The van der Waals surface area contributed by atoms with Gasteiger partial charge >= 0.3 is 5.97 Å². The monoisotopic (exact) mass is 349 g/mol. The molecule has 0 aromatic heterocycles. The zero-order chi connectivity index (χ0) is 17.7. The van der Waals surface area contributed by atoms with Gasteiger partial charge in [-0.15, -0.1) is 0 Å². The molecule has 2 N–H and O–H groups in total. The number of nitrogens with two attached hydrogens (primary N) is 1. The zero-order valence-corrected chi connectivity index (χ0v) is 14.2. The molecule has 0 amide bonds. The standard InChI is InChI=1S/C17H19NO5S/c1-12(18)10-14-6-8-16(9-7-14)24(20,21)17-5-3-4-15(11-17)23-22-13(2)19/h3-9,11-12H,10,18H2,1-2H3/t12-/m1/s1. The zero-order valence-electron chi connectivity index (χ0n) is 13.4. The normalized spacial score (nSPS) is 12.5. The van der Waals surface area contributed by atoms with Crippen molar-refractivity contribution in [1.82, 2.24) is 0 Å². The second-order valence-corrected chi connectivity index (χ2v) is 7.41. The van der Waals surface area contributed by atoms with Crippen LogP contribution < -0.4 is 10.6 Å². The van der Waals surface area contributed by atoms with Crippen LogP contribution in [-0.2, 0) is 25.9 Å². The van der Waals surface area contributed by atoms with Crippen molar-refractivity contribution in [1.29, 1.82) is 0 Å². The molecule has 2 aromatic rings. The number of carbonyl (C=O) groups excluding carboxylic acids is 1. The highest BCUT2D eigenvalue weighted by atomic mass is 32.2. The molecule has 0 saturated heterocycles. The third kappa shape index (κ3) is 4.56. The third-order valence-electron chi connectivity index (χ3n) is 3.16. The fraction of sp³-hybridized carbons (Fsp3) is 0.235. The second kappa shape index (κ2) is 7.46. The summed E-state index contributed by atoms with van der Waals surface area (Å²) < 4.78 is 25.3. The average molecular weight is 349 g/mol. The van der Waals surface area contributed by atoms with E-state index in [1.807, 2.05) is 6.92 Å². The van der Waals surface area contributed by atoms with Crippen LogP contribution in [0.15, 0.2) is 58.3 Å². The first kappa shape index (κ1) is 18.0. The van der Waals surface area contributed by atoms with Crippen molar-refractivity contribution in [3.8, 4) is 5.75 Å². The topological polar surface area (TPSA) is 95.7 Å². The Balaban J connectivity index is 2.26. The van der Waals surface area contributed by atoms with Gasteiger partial charge < -0.3 is 5.73 Å². The van der Waals surface area contributed by atoms with Crippen LogP contribution in [0.25, 0.3) is 0 Å². The number of rotatable bonds is 6. The Morgan fingerprint density at radius 2 is 1.79 bits per heavy atom. The molecule has 0 saturated carbocycles. The lowest BCUT2D eigenvalue weighted by Gasteiger charge is -2.09. The molecule has 0 spiro atoms. The maximum absolute atomic E-state index is 12.7.